The van der Waals surface area contributed by atoms with Gasteiger partial charge in [-0.3, -0.25) is 4.79 Å². The number of aryl methyl sites for hydroxylation is 2. The van der Waals surface area contributed by atoms with E-state index in [4.69, 9.17) is 4.74 Å². The zero-order valence-corrected chi connectivity index (χ0v) is 12.2. The van der Waals surface area contributed by atoms with Gasteiger partial charge in [-0.25, -0.2) is 0 Å². The molecule has 1 heterocycles. The Morgan fingerprint density at radius 2 is 1.95 bits per heavy atom. The molecular weight excluding hydrogens is 264 g/mol. The highest BCUT2D eigenvalue weighted by Crippen LogP contribution is 2.31. The lowest BCUT2D eigenvalue weighted by Crippen LogP contribution is -2.21. The minimum atomic E-state index is -0.152. The Balaban J connectivity index is 1.89. The van der Waals surface area contributed by atoms with Gasteiger partial charge in [0.2, 0.25) is 0 Å². The predicted octanol–water partition coefficient (Wildman–Crippen LogP) is 3.36. The second kappa shape index (κ2) is 5.48. The molecule has 4 heteroatoms. The number of hydrogen-bond donors (Lipinski definition) is 2. The van der Waals surface area contributed by atoms with Gasteiger partial charge < -0.3 is 15.4 Å². The summed E-state index contributed by atoms with van der Waals surface area (Å²) >= 11 is 0. The van der Waals surface area contributed by atoms with E-state index in [-0.39, 0.29) is 5.91 Å². The third kappa shape index (κ3) is 2.84. The van der Waals surface area contributed by atoms with Crippen molar-refractivity contribution in [3.63, 3.8) is 0 Å². The summed E-state index contributed by atoms with van der Waals surface area (Å²) in [5.74, 6) is 0.478. The Kier molecular flexibility index (Phi) is 3.52. The normalized spacial score (nSPS) is 12.9. The number of ether oxygens (including phenoxy) is 1. The molecule has 0 fully saturated rings. The van der Waals surface area contributed by atoms with Crippen LogP contribution in [-0.4, -0.2) is 19.1 Å². The summed E-state index contributed by atoms with van der Waals surface area (Å²) in [6.07, 6.45) is 0. The van der Waals surface area contributed by atoms with Crippen molar-refractivity contribution in [3.05, 3.63) is 53.1 Å². The van der Waals surface area contributed by atoms with Gasteiger partial charge in [0.25, 0.3) is 5.91 Å². The molecule has 0 bridgehead atoms. The van der Waals surface area contributed by atoms with Gasteiger partial charge in [0, 0.05) is 12.2 Å². The van der Waals surface area contributed by atoms with Crippen molar-refractivity contribution in [2.24, 2.45) is 0 Å². The van der Waals surface area contributed by atoms with Crippen molar-refractivity contribution in [2.45, 2.75) is 13.8 Å². The molecule has 1 amide bonds. The molecular formula is C17H18N2O2. The summed E-state index contributed by atoms with van der Waals surface area (Å²) in [5, 5.41) is 6.18. The first-order valence-electron chi connectivity index (χ1n) is 7.03. The van der Waals surface area contributed by atoms with E-state index in [1.165, 1.54) is 0 Å². The van der Waals surface area contributed by atoms with Crippen LogP contribution in [0.4, 0.5) is 11.4 Å². The van der Waals surface area contributed by atoms with Crippen LogP contribution in [-0.2, 0) is 0 Å². The molecule has 2 N–H and O–H groups in total. The van der Waals surface area contributed by atoms with Crippen molar-refractivity contribution in [3.8, 4) is 5.75 Å². The quantitative estimate of drug-likeness (QED) is 0.888. The van der Waals surface area contributed by atoms with Crippen molar-refractivity contribution < 1.29 is 9.53 Å². The van der Waals surface area contributed by atoms with Crippen LogP contribution in [0.2, 0.25) is 0 Å². The molecule has 2 aromatic carbocycles. The van der Waals surface area contributed by atoms with E-state index in [1.54, 1.807) is 6.07 Å². The van der Waals surface area contributed by atoms with E-state index in [9.17, 15) is 4.79 Å². The van der Waals surface area contributed by atoms with Gasteiger partial charge in [-0.1, -0.05) is 12.1 Å². The number of rotatable bonds is 2. The molecule has 0 aliphatic carbocycles. The van der Waals surface area contributed by atoms with Crippen LogP contribution < -0.4 is 15.4 Å². The SMILES string of the molecule is Cc1cc(C)cc(NC(=O)c2cccc3c2OCCN3)c1. The molecule has 1 aliphatic rings. The number of nitrogens with one attached hydrogen (secondary N) is 2. The highest BCUT2D eigenvalue weighted by atomic mass is 16.5. The number of carbonyl (C=O) groups is 1. The lowest BCUT2D eigenvalue weighted by molar-refractivity contribution is 0.102. The van der Waals surface area contributed by atoms with E-state index < -0.39 is 0 Å². The van der Waals surface area contributed by atoms with Crippen LogP contribution in [0.15, 0.2) is 36.4 Å². The molecule has 0 saturated heterocycles. The highest BCUT2D eigenvalue weighted by Gasteiger charge is 2.19. The average molecular weight is 282 g/mol. The molecule has 0 aromatic heterocycles. The smallest absolute Gasteiger partial charge is 0.259 e. The first-order chi connectivity index (χ1) is 10.1. The van der Waals surface area contributed by atoms with E-state index in [0.29, 0.717) is 17.9 Å². The average Bonchev–Trinajstić information content (AvgIpc) is 2.45. The van der Waals surface area contributed by atoms with Gasteiger partial charge in [-0.05, 0) is 49.2 Å². The Bertz CT molecular complexity index is 675. The van der Waals surface area contributed by atoms with E-state index in [1.807, 2.05) is 38.1 Å². The molecule has 108 valence electrons. The van der Waals surface area contributed by atoms with Gasteiger partial charge in [0.1, 0.15) is 6.61 Å². The lowest BCUT2D eigenvalue weighted by Gasteiger charge is -2.21. The van der Waals surface area contributed by atoms with Crippen molar-refractivity contribution in [1.82, 2.24) is 0 Å². The molecule has 0 saturated carbocycles. The fourth-order valence-electron chi connectivity index (χ4n) is 2.59. The molecule has 0 atom stereocenters. The summed E-state index contributed by atoms with van der Waals surface area (Å²) < 4.78 is 5.64. The second-order valence-electron chi connectivity index (χ2n) is 5.29. The van der Waals surface area contributed by atoms with Gasteiger partial charge in [0.15, 0.2) is 5.75 Å². The van der Waals surface area contributed by atoms with Crippen molar-refractivity contribution in [1.29, 1.82) is 0 Å². The zero-order chi connectivity index (χ0) is 14.8. The first-order valence-corrected chi connectivity index (χ1v) is 7.03. The van der Waals surface area contributed by atoms with Gasteiger partial charge in [0.05, 0.1) is 11.3 Å². The fourth-order valence-corrected chi connectivity index (χ4v) is 2.59. The van der Waals surface area contributed by atoms with Crippen LogP contribution in [0.25, 0.3) is 0 Å². The second-order valence-corrected chi connectivity index (χ2v) is 5.29. The molecule has 1 aliphatic heterocycles. The number of amides is 1. The van der Waals surface area contributed by atoms with Crippen LogP contribution >= 0.6 is 0 Å². The largest absolute Gasteiger partial charge is 0.489 e. The fraction of sp³-hybridized carbons (Fsp3) is 0.235. The maximum absolute atomic E-state index is 12.5. The number of fused-ring (bicyclic) bond motifs is 1. The summed E-state index contributed by atoms with van der Waals surface area (Å²) in [6.45, 7) is 5.36. The third-order valence-electron chi connectivity index (χ3n) is 3.40. The highest BCUT2D eigenvalue weighted by molar-refractivity contribution is 6.07. The lowest BCUT2D eigenvalue weighted by atomic mass is 10.1. The molecule has 2 aromatic rings. The topological polar surface area (TPSA) is 50.4 Å². The van der Waals surface area contributed by atoms with Crippen LogP contribution in [0.3, 0.4) is 0 Å². The molecule has 0 unspecified atom stereocenters. The molecule has 3 rings (SSSR count). The van der Waals surface area contributed by atoms with Gasteiger partial charge in [-0.2, -0.15) is 0 Å². The first kappa shape index (κ1) is 13.5. The third-order valence-corrected chi connectivity index (χ3v) is 3.40. The van der Waals surface area contributed by atoms with Crippen molar-refractivity contribution >= 4 is 17.3 Å². The Hall–Kier alpha value is -2.49. The number of carbonyl (C=O) groups excluding carboxylic acids is 1. The predicted molar refractivity (Wildman–Crippen MR) is 84.3 cm³/mol. The number of para-hydroxylation sites is 1. The van der Waals surface area contributed by atoms with E-state index in [2.05, 4.69) is 16.7 Å². The van der Waals surface area contributed by atoms with Gasteiger partial charge >= 0.3 is 0 Å². The molecule has 21 heavy (non-hydrogen) atoms. The minimum Gasteiger partial charge on any atom is -0.489 e. The number of benzene rings is 2. The van der Waals surface area contributed by atoms with Crippen molar-refractivity contribution in [2.75, 3.05) is 23.8 Å². The summed E-state index contributed by atoms with van der Waals surface area (Å²) in [6, 6.07) is 11.6. The molecule has 4 nitrogen and oxygen atoms in total. The maximum Gasteiger partial charge on any atom is 0.259 e. The summed E-state index contributed by atoms with van der Waals surface area (Å²) in [5.41, 5.74) is 4.48. The number of anilines is 2. The van der Waals surface area contributed by atoms with E-state index >= 15 is 0 Å². The minimum absolute atomic E-state index is 0.152. The van der Waals surface area contributed by atoms with Crippen LogP contribution in [0.5, 0.6) is 5.75 Å². The molecule has 0 spiro atoms. The van der Waals surface area contributed by atoms with E-state index in [0.717, 1.165) is 29.0 Å². The summed E-state index contributed by atoms with van der Waals surface area (Å²) in [7, 11) is 0. The maximum atomic E-state index is 12.5. The van der Waals surface area contributed by atoms with Crippen LogP contribution in [0.1, 0.15) is 21.5 Å². The Morgan fingerprint density at radius 3 is 2.71 bits per heavy atom. The number of hydrogen-bond acceptors (Lipinski definition) is 3. The Labute approximate surface area is 124 Å². The molecule has 0 radical (unpaired) electrons. The zero-order valence-electron chi connectivity index (χ0n) is 12.2. The monoisotopic (exact) mass is 282 g/mol. The summed E-state index contributed by atoms with van der Waals surface area (Å²) in [4.78, 5) is 12.5. The standard InChI is InChI=1S/C17H18N2O2/c1-11-8-12(2)10-13(9-11)19-17(20)14-4-3-5-15-16(14)21-7-6-18-15/h3-5,8-10,18H,6-7H2,1-2H3,(H,19,20). The van der Waals surface area contributed by atoms with Gasteiger partial charge in [-0.15, -0.1) is 0 Å². The Morgan fingerprint density at radius 1 is 1.19 bits per heavy atom. The van der Waals surface area contributed by atoms with Crippen LogP contribution in [0, 0.1) is 13.8 Å².